The van der Waals surface area contributed by atoms with E-state index in [1.807, 2.05) is 24.3 Å². The number of methoxy groups -OCH3 is 1. The summed E-state index contributed by atoms with van der Waals surface area (Å²) in [6, 6.07) is 14.5. The Balaban J connectivity index is 1.68. The number of carbonyl (C=O) groups is 1. The van der Waals surface area contributed by atoms with Crippen LogP contribution in [-0.2, 0) is 6.54 Å². The molecule has 0 unspecified atom stereocenters. The van der Waals surface area contributed by atoms with Crippen LogP contribution in [0.1, 0.15) is 15.9 Å². The molecule has 3 N–H and O–H groups in total. The number of carbonyl (C=O) groups excluding carboxylic acids is 1. The van der Waals surface area contributed by atoms with Crippen LogP contribution >= 0.6 is 0 Å². The molecule has 0 aliphatic rings. The Morgan fingerprint density at radius 3 is 2.90 bits per heavy atom. The first kappa shape index (κ1) is 18.5. The Labute approximate surface area is 166 Å². The van der Waals surface area contributed by atoms with Gasteiger partial charge in [0.15, 0.2) is 0 Å². The van der Waals surface area contributed by atoms with Crippen molar-refractivity contribution in [2.45, 2.75) is 6.54 Å². The summed E-state index contributed by atoms with van der Waals surface area (Å²) in [4.78, 5) is 12.9. The number of halogens is 1. The van der Waals surface area contributed by atoms with Crippen LogP contribution in [0.15, 0.2) is 60.8 Å². The number of benzene rings is 3. The number of amides is 1. The highest BCUT2D eigenvalue weighted by atomic mass is 19.1. The Bertz CT molecular complexity index is 1200. The van der Waals surface area contributed by atoms with E-state index in [1.165, 1.54) is 18.2 Å². The van der Waals surface area contributed by atoms with Crippen LogP contribution < -0.4 is 10.1 Å². The molecule has 1 heterocycles. The number of hydrogen-bond acceptors (Lipinski definition) is 4. The molecule has 0 bridgehead atoms. The van der Waals surface area contributed by atoms with Crippen molar-refractivity contribution in [3.8, 4) is 22.6 Å². The van der Waals surface area contributed by atoms with Crippen molar-refractivity contribution in [1.82, 2.24) is 15.5 Å². The van der Waals surface area contributed by atoms with Gasteiger partial charge in [-0.2, -0.15) is 5.10 Å². The fourth-order valence-corrected chi connectivity index (χ4v) is 3.19. The number of aromatic nitrogens is 2. The molecule has 29 heavy (non-hydrogen) atoms. The summed E-state index contributed by atoms with van der Waals surface area (Å²) in [5.74, 6) is -0.170. The molecule has 0 aliphatic carbocycles. The molecule has 0 aliphatic heterocycles. The van der Waals surface area contributed by atoms with Crippen LogP contribution in [0.5, 0.6) is 11.5 Å². The summed E-state index contributed by atoms with van der Waals surface area (Å²) in [5.41, 5.74) is 2.50. The summed E-state index contributed by atoms with van der Waals surface area (Å²) < 4.78 is 19.5. The maximum atomic E-state index is 14.3. The zero-order valence-electron chi connectivity index (χ0n) is 15.6. The Morgan fingerprint density at radius 1 is 1.21 bits per heavy atom. The second-order valence-corrected chi connectivity index (χ2v) is 6.55. The molecule has 4 aromatic rings. The molecule has 7 heteroatoms. The third-order valence-electron chi connectivity index (χ3n) is 4.65. The Hall–Kier alpha value is -3.87. The van der Waals surface area contributed by atoms with Crippen molar-refractivity contribution < 1.29 is 19.0 Å². The third-order valence-corrected chi connectivity index (χ3v) is 4.65. The van der Waals surface area contributed by atoms with Crippen LogP contribution in [0, 0.1) is 5.82 Å². The van der Waals surface area contributed by atoms with Gasteiger partial charge in [0, 0.05) is 17.5 Å². The Morgan fingerprint density at radius 2 is 2.07 bits per heavy atom. The van der Waals surface area contributed by atoms with E-state index in [4.69, 9.17) is 4.74 Å². The first-order valence-electron chi connectivity index (χ1n) is 8.92. The third kappa shape index (κ3) is 3.75. The number of nitrogens with one attached hydrogen (secondary N) is 2. The first-order valence-corrected chi connectivity index (χ1v) is 8.92. The number of hydrogen-bond donors (Lipinski definition) is 3. The number of aromatic amines is 1. The van der Waals surface area contributed by atoms with Crippen molar-refractivity contribution in [1.29, 1.82) is 0 Å². The molecular weight excluding hydrogens is 373 g/mol. The van der Waals surface area contributed by atoms with E-state index < -0.39 is 5.82 Å². The number of nitrogens with zero attached hydrogens (tertiary/aromatic N) is 1. The zero-order chi connectivity index (χ0) is 20.4. The maximum absolute atomic E-state index is 14.3. The van der Waals surface area contributed by atoms with Crippen LogP contribution in [0.4, 0.5) is 4.39 Å². The van der Waals surface area contributed by atoms with Gasteiger partial charge in [-0.3, -0.25) is 9.89 Å². The van der Waals surface area contributed by atoms with Crippen LogP contribution in [-0.4, -0.2) is 28.3 Å². The topological polar surface area (TPSA) is 87.2 Å². The second kappa shape index (κ2) is 7.63. The average Bonchev–Trinajstić information content (AvgIpc) is 3.22. The van der Waals surface area contributed by atoms with Gasteiger partial charge >= 0.3 is 0 Å². The number of ether oxygens (including phenoxy) is 1. The number of fused-ring (bicyclic) bond motifs is 1. The molecule has 0 saturated carbocycles. The predicted molar refractivity (Wildman–Crippen MR) is 107 cm³/mol. The standard InChI is InChI=1S/C22H18FN3O3/c1-29-16-4-2-3-13(7-16)11-24-22(28)18-8-14(9-21-19(18)12-25-26-21)17-10-15(27)5-6-20(17)23/h2-10,12,27H,11H2,1H3,(H,24,28)(H,25,26). The largest absolute Gasteiger partial charge is 0.508 e. The lowest BCUT2D eigenvalue weighted by atomic mass is 9.99. The van der Waals surface area contributed by atoms with Gasteiger partial charge in [0.2, 0.25) is 0 Å². The van der Waals surface area contributed by atoms with E-state index in [9.17, 15) is 14.3 Å². The zero-order valence-corrected chi connectivity index (χ0v) is 15.6. The van der Waals surface area contributed by atoms with Gasteiger partial charge in [-0.15, -0.1) is 0 Å². The van der Waals surface area contributed by atoms with E-state index in [2.05, 4.69) is 15.5 Å². The minimum absolute atomic E-state index is 0.0601. The average molecular weight is 391 g/mol. The number of phenolic OH excluding ortho intramolecular Hbond substituents is 1. The number of rotatable bonds is 5. The number of H-pyrrole nitrogens is 1. The van der Waals surface area contributed by atoms with Gasteiger partial charge in [0.1, 0.15) is 17.3 Å². The molecule has 0 atom stereocenters. The fourth-order valence-electron chi connectivity index (χ4n) is 3.19. The second-order valence-electron chi connectivity index (χ2n) is 6.55. The van der Waals surface area contributed by atoms with Gasteiger partial charge in [0.05, 0.1) is 24.4 Å². The number of phenols is 1. The van der Waals surface area contributed by atoms with Crippen molar-refractivity contribution in [2.75, 3.05) is 7.11 Å². The maximum Gasteiger partial charge on any atom is 0.252 e. The van der Waals surface area contributed by atoms with Crippen molar-refractivity contribution in [3.05, 3.63) is 77.7 Å². The quantitative estimate of drug-likeness (QED) is 0.480. The van der Waals surface area contributed by atoms with Crippen molar-refractivity contribution in [2.24, 2.45) is 0 Å². The van der Waals surface area contributed by atoms with Gasteiger partial charge < -0.3 is 15.2 Å². The van der Waals surface area contributed by atoms with Crippen LogP contribution in [0.3, 0.4) is 0 Å². The van der Waals surface area contributed by atoms with Gasteiger partial charge in [-0.1, -0.05) is 12.1 Å². The molecule has 3 aromatic carbocycles. The summed E-state index contributed by atoms with van der Waals surface area (Å²) in [6.45, 7) is 0.306. The lowest BCUT2D eigenvalue weighted by Gasteiger charge is -2.10. The molecule has 0 saturated heterocycles. The predicted octanol–water partition coefficient (Wildman–Crippen LogP) is 4.01. The van der Waals surface area contributed by atoms with Crippen LogP contribution in [0.25, 0.3) is 22.0 Å². The van der Waals surface area contributed by atoms with Gasteiger partial charge in [-0.25, -0.2) is 4.39 Å². The molecule has 0 spiro atoms. The van der Waals surface area contributed by atoms with Gasteiger partial charge in [0.25, 0.3) is 5.91 Å². The van der Waals surface area contributed by atoms with E-state index in [0.717, 1.165) is 5.56 Å². The lowest BCUT2D eigenvalue weighted by Crippen LogP contribution is -2.23. The van der Waals surface area contributed by atoms with Crippen molar-refractivity contribution in [3.63, 3.8) is 0 Å². The normalized spacial score (nSPS) is 10.8. The monoisotopic (exact) mass is 391 g/mol. The van der Waals surface area contributed by atoms with Crippen LogP contribution in [0.2, 0.25) is 0 Å². The lowest BCUT2D eigenvalue weighted by molar-refractivity contribution is 0.0952. The highest BCUT2D eigenvalue weighted by Gasteiger charge is 2.16. The first-order chi connectivity index (χ1) is 14.0. The highest BCUT2D eigenvalue weighted by molar-refractivity contribution is 6.07. The molecule has 146 valence electrons. The van der Waals surface area contributed by atoms with Gasteiger partial charge in [-0.05, 0) is 53.6 Å². The molecule has 0 fully saturated rings. The smallest absolute Gasteiger partial charge is 0.252 e. The summed E-state index contributed by atoms with van der Waals surface area (Å²) in [7, 11) is 1.58. The minimum Gasteiger partial charge on any atom is -0.508 e. The molecule has 0 radical (unpaired) electrons. The summed E-state index contributed by atoms with van der Waals surface area (Å²) in [5, 5.41) is 20.0. The minimum atomic E-state index is -0.496. The SMILES string of the molecule is COc1cccc(CNC(=O)c2cc(-c3cc(O)ccc3F)cc3[nH]ncc23)c1. The molecule has 6 nitrogen and oxygen atoms in total. The molecule has 1 aromatic heterocycles. The highest BCUT2D eigenvalue weighted by Crippen LogP contribution is 2.31. The molecule has 4 rings (SSSR count). The fraction of sp³-hybridized carbons (Fsp3) is 0.0909. The molecule has 1 amide bonds. The summed E-state index contributed by atoms with van der Waals surface area (Å²) in [6.07, 6.45) is 1.55. The van der Waals surface area contributed by atoms with E-state index in [0.29, 0.717) is 34.3 Å². The van der Waals surface area contributed by atoms with E-state index >= 15 is 0 Å². The molecular formula is C22H18FN3O3. The van der Waals surface area contributed by atoms with E-state index in [-0.39, 0.29) is 17.2 Å². The summed E-state index contributed by atoms with van der Waals surface area (Å²) >= 11 is 0. The van der Waals surface area contributed by atoms with E-state index in [1.54, 1.807) is 25.4 Å². The van der Waals surface area contributed by atoms with Crippen molar-refractivity contribution >= 4 is 16.8 Å². The number of aromatic hydroxyl groups is 1. The Kier molecular flexibility index (Phi) is 4.87.